The number of hydrogen-bond acceptors (Lipinski definition) is 2. The molecule has 0 bridgehead atoms. The predicted molar refractivity (Wildman–Crippen MR) is 111 cm³/mol. The van der Waals surface area contributed by atoms with Crippen LogP contribution in [0.1, 0.15) is 16.8 Å². The van der Waals surface area contributed by atoms with Crippen molar-refractivity contribution in [2.24, 2.45) is 0 Å². The molecule has 3 aromatic carbocycles. The van der Waals surface area contributed by atoms with Crippen LogP contribution in [0.3, 0.4) is 0 Å². The second kappa shape index (κ2) is 7.17. The second-order valence-electron chi connectivity index (χ2n) is 7.41. The lowest BCUT2D eigenvalue weighted by molar-refractivity contribution is 0.287. The predicted octanol–water partition coefficient (Wildman–Crippen LogP) is 5.60. The Morgan fingerprint density at radius 3 is 2.57 bits per heavy atom. The van der Waals surface area contributed by atoms with Crippen LogP contribution in [0.25, 0.3) is 22.0 Å². The van der Waals surface area contributed by atoms with Crippen LogP contribution < -0.4 is 0 Å². The molecule has 2 heterocycles. The van der Waals surface area contributed by atoms with Gasteiger partial charge in [-0.15, -0.1) is 0 Å². The van der Waals surface area contributed by atoms with Gasteiger partial charge in [-0.05, 0) is 46.5 Å². The molecule has 0 spiro atoms. The Morgan fingerprint density at radius 1 is 0.821 bits per heavy atom. The van der Waals surface area contributed by atoms with E-state index in [4.69, 9.17) is 4.98 Å². The molecule has 0 amide bonds. The summed E-state index contributed by atoms with van der Waals surface area (Å²) in [5.41, 5.74) is 7.21. The van der Waals surface area contributed by atoms with Crippen LogP contribution in [0.4, 0.5) is 4.39 Å². The summed E-state index contributed by atoms with van der Waals surface area (Å²) in [4.78, 5) is 7.26. The summed E-state index contributed by atoms with van der Waals surface area (Å²) in [7, 11) is 0. The molecule has 0 radical (unpaired) electrons. The van der Waals surface area contributed by atoms with Gasteiger partial charge in [0, 0.05) is 37.1 Å². The number of halogens is 1. The highest BCUT2D eigenvalue weighted by molar-refractivity contribution is 5.78. The van der Waals surface area contributed by atoms with E-state index in [1.54, 1.807) is 0 Å². The van der Waals surface area contributed by atoms with Gasteiger partial charge in [0.2, 0.25) is 0 Å². The zero-order valence-electron chi connectivity index (χ0n) is 15.6. The zero-order valence-corrected chi connectivity index (χ0v) is 15.6. The molecular formula is C25H21FN2. The van der Waals surface area contributed by atoms with Crippen molar-refractivity contribution >= 4 is 10.9 Å². The molecule has 28 heavy (non-hydrogen) atoms. The number of fused-ring (bicyclic) bond motifs is 2. The number of aromatic nitrogens is 1. The van der Waals surface area contributed by atoms with E-state index in [0.29, 0.717) is 0 Å². The van der Waals surface area contributed by atoms with Crippen LogP contribution in [0, 0.1) is 5.82 Å². The highest BCUT2D eigenvalue weighted by atomic mass is 19.1. The maximum absolute atomic E-state index is 13.3. The number of hydrogen-bond donors (Lipinski definition) is 0. The third-order valence-electron chi connectivity index (χ3n) is 5.54. The van der Waals surface area contributed by atoms with Crippen molar-refractivity contribution in [3.8, 4) is 11.1 Å². The van der Waals surface area contributed by atoms with Crippen LogP contribution >= 0.6 is 0 Å². The van der Waals surface area contributed by atoms with Gasteiger partial charge < -0.3 is 0 Å². The molecular weight excluding hydrogens is 347 g/mol. The van der Waals surface area contributed by atoms with Gasteiger partial charge in [0.05, 0.1) is 5.52 Å². The van der Waals surface area contributed by atoms with E-state index in [0.717, 1.165) is 42.8 Å². The zero-order chi connectivity index (χ0) is 18.9. The summed E-state index contributed by atoms with van der Waals surface area (Å²) < 4.78 is 13.3. The molecule has 0 aliphatic carbocycles. The van der Waals surface area contributed by atoms with Gasteiger partial charge >= 0.3 is 0 Å². The molecule has 4 aromatic rings. The van der Waals surface area contributed by atoms with Crippen molar-refractivity contribution in [2.75, 3.05) is 6.54 Å². The Bertz CT molecular complexity index is 1130. The molecule has 1 aliphatic rings. The van der Waals surface area contributed by atoms with Gasteiger partial charge in [-0.1, -0.05) is 54.6 Å². The van der Waals surface area contributed by atoms with Gasteiger partial charge in [0.15, 0.2) is 0 Å². The minimum Gasteiger partial charge on any atom is -0.294 e. The fourth-order valence-corrected chi connectivity index (χ4v) is 4.07. The minimum absolute atomic E-state index is 0.194. The summed E-state index contributed by atoms with van der Waals surface area (Å²) in [6.45, 7) is 2.86. The van der Waals surface area contributed by atoms with Gasteiger partial charge in [0.1, 0.15) is 5.82 Å². The van der Waals surface area contributed by atoms with E-state index in [1.165, 1.54) is 34.2 Å². The van der Waals surface area contributed by atoms with Gasteiger partial charge in [-0.3, -0.25) is 9.88 Å². The molecule has 3 heteroatoms. The molecule has 1 aliphatic heterocycles. The van der Waals surface area contributed by atoms with Gasteiger partial charge in [-0.2, -0.15) is 0 Å². The van der Waals surface area contributed by atoms with Gasteiger partial charge in [0.25, 0.3) is 0 Å². The van der Waals surface area contributed by atoms with Crippen LogP contribution in [-0.4, -0.2) is 16.4 Å². The molecule has 0 saturated carbocycles. The topological polar surface area (TPSA) is 16.1 Å². The quantitative estimate of drug-likeness (QED) is 0.466. The Hall–Kier alpha value is -3.04. The van der Waals surface area contributed by atoms with Crippen molar-refractivity contribution in [1.29, 1.82) is 0 Å². The third-order valence-corrected chi connectivity index (χ3v) is 5.54. The Kier molecular flexibility index (Phi) is 4.38. The fraction of sp³-hybridized carbons (Fsp3) is 0.160. The van der Waals surface area contributed by atoms with E-state index in [-0.39, 0.29) is 5.82 Å². The molecule has 0 fully saturated rings. The molecule has 0 atom stereocenters. The van der Waals surface area contributed by atoms with E-state index < -0.39 is 0 Å². The molecule has 0 saturated heterocycles. The van der Waals surface area contributed by atoms with E-state index in [2.05, 4.69) is 47.4 Å². The second-order valence-corrected chi connectivity index (χ2v) is 7.41. The number of para-hydroxylation sites is 1. The molecule has 138 valence electrons. The van der Waals surface area contributed by atoms with Crippen molar-refractivity contribution in [3.63, 3.8) is 0 Å². The van der Waals surface area contributed by atoms with E-state index in [9.17, 15) is 4.39 Å². The summed E-state index contributed by atoms with van der Waals surface area (Å²) in [6, 6.07) is 25.8. The van der Waals surface area contributed by atoms with E-state index in [1.807, 2.05) is 24.3 Å². The Balaban J connectivity index is 1.32. The smallest absolute Gasteiger partial charge is 0.123 e. The molecule has 2 nitrogen and oxygen atoms in total. The number of benzene rings is 3. The first-order chi connectivity index (χ1) is 13.8. The average molecular weight is 368 g/mol. The standard InChI is InChI=1S/C25H21FN2/c26-21-11-8-18(9-12-21)23-6-3-5-20-16-28(17-24(20)23)15-14-22-13-10-19-4-1-2-7-25(19)27-22/h1-13H,14-17H2. The van der Waals surface area contributed by atoms with Crippen molar-refractivity contribution < 1.29 is 4.39 Å². The maximum Gasteiger partial charge on any atom is 0.123 e. The van der Waals surface area contributed by atoms with Gasteiger partial charge in [-0.25, -0.2) is 4.39 Å². The lowest BCUT2D eigenvalue weighted by Crippen LogP contribution is -2.19. The summed E-state index contributed by atoms with van der Waals surface area (Å²) in [5.74, 6) is -0.194. The van der Waals surface area contributed by atoms with Crippen LogP contribution in [-0.2, 0) is 19.5 Å². The Labute approximate surface area is 164 Å². The fourth-order valence-electron chi connectivity index (χ4n) is 4.07. The SMILES string of the molecule is Fc1ccc(-c2cccc3c2CN(CCc2ccc4ccccc4n2)C3)cc1. The first kappa shape index (κ1) is 17.1. The number of nitrogens with zero attached hydrogens (tertiary/aromatic N) is 2. The van der Waals surface area contributed by atoms with Crippen LogP contribution in [0.5, 0.6) is 0 Å². The summed E-state index contributed by atoms with van der Waals surface area (Å²) in [6.07, 6.45) is 0.935. The number of rotatable bonds is 4. The molecule has 0 N–H and O–H groups in total. The summed E-state index contributed by atoms with van der Waals surface area (Å²) in [5, 5.41) is 1.18. The van der Waals surface area contributed by atoms with Crippen molar-refractivity contribution in [2.45, 2.75) is 19.5 Å². The largest absolute Gasteiger partial charge is 0.294 e. The lowest BCUT2D eigenvalue weighted by atomic mass is 9.97. The van der Waals surface area contributed by atoms with Crippen LogP contribution in [0.2, 0.25) is 0 Å². The monoisotopic (exact) mass is 368 g/mol. The van der Waals surface area contributed by atoms with Crippen molar-refractivity contribution in [1.82, 2.24) is 9.88 Å². The normalized spacial score (nSPS) is 13.8. The third kappa shape index (κ3) is 3.30. The van der Waals surface area contributed by atoms with E-state index >= 15 is 0 Å². The van der Waals surface area contributed by atoms with Crippen molar-refractivity contribution in [3.05, 3.63) is 102 Å². The molecule has 5 rings (SSSR count). The Morgan fingerprint density at radius 2 is 1.68 bits per heavy atom. The first-order valence-electron chi connectivity index (χ1n) is 9.70. The first-order valence-corrected chi connectivity index (χ1v) is 9.70. The number of pyridine rings is 1. The lowest BCUT2D eigenvalue weighted by Gasteiger charge is -2.15. The molecule has 1 aromatic heterocycles. The average Bonchev–Trinajstić information content (AvgIpc) is 3.16. The summed E-state index contributed by atoms with van der Waals surface area (Å²) >= 11 is 0. The minimum atomic E-state index is -0.194. The highest BCUT2D eigenvalue weighted by Gasteiger charge is 2.21. The highest BCUT2D eigenvalue weighted by Crippen LogP contribution is 2.32. The molecule has 0 unspecified atom stereocenters. The maximum atomic E-state index is 13.3. The van der Waals surface area contributed by atoms with Crippen LogP contribution in [0.15, 0.2) is 78.9 Å².